The lowest BCUT2D eigenvalue weighted by Gasteiger charge is -2.33. The number of aromatic nitrogens is 2. The van der Waals surface area contributed by atoms with E-state index in [9.17, 15) is 0 Å². The first-order valence-corrected chi connectivity index (χ1v) is 7.36. The number of hydrogen-bond donors (Lipinski definition) is 1. The highest BCUT2D eigenvalue weighted by Gasteiger charge is 2.27. The van der Waals surface area contributed by atoms with Crippen molar-refractivity contribution in [3.8, 4) is 0 Å². The minimum Gasteiger partial charge on any atom is -0.310 e. The predicted molar refractivity (Wildman–Crippen MR) is 72.5 cm³/mol. The maximum Gasteiger partial charge on any atom is 0.0489 e. The van der Waals surface area contributed by atoms with Gasteiger partial charge in [0.25, 0.3) is 0 Å². The van der Waals surface area contributed by atoms with Crippen LogP contribution >= 0.6 is 0 Å². The first-order valence-electron chi connectivity index (χ1n) is 7.36. The second-order valence-corrected chi connectivity index (χ2v) is 5.70. The Morgan fingerprint density at radius 3 is 2.89 bits per heavy atom. The molecule has 2 heterocycles. The van der Waals surface area contributed by atoms with Gasteiger partial charge in [0.1, 0.15) is 0 Å². The number of likely N-dealkylation sites (tertiary alicyclic amines) is 1. The molecule has 2 aliphatic rings. The maximum absolute atomic E-state index is 4.25. The molecule has 4 heteroatoms. The molecular weight excluding hydrogens is 224 g/mol. The smallest absolute Gasteiger partial charge is 0.0489 e. The molecule has 1 atom stereocenters. The fourth-order valence-corrected chi connectivity index (χ4v) is 2.87. The molecule has 4 nitrogen and oxygen atoms in total. The second-order valence-electron chi connectivity index (χ2n) is 5.70. The van der Waals surface area contributed by atoms with E-state index in [1.54, 1.807) is 0 Å². The lowest BCUT2D eigenvalue weighted by Crippen LogP contribution is -2.46. The van der Waals surface area contributed by atoms with Crippen molar-refractivity contribution in [3.63, 3.8) is 0 Å². The molecule has 2 fully saturated rings. The van der Waals surface area contributed by atoms with Crippen LogP contribution in [0.1, 0.15) is 32.1 Å². The lowest BCUT2D eigenvalue weighted by molar-refractivity contribution is 0.185. The van der Waals surface area contributed by atoms with Crippen molar-refractivity contribution in [2.24, 2.45) is 0 Å². The Balaban J connectivity index is 1.36. The molecule has 0 bridgehead atoms. The van der Waals surface area contributed by atoms with E-state index < -0.39 is 0 Å². The molecule has 1 saturated heterocycles. The van der Waals surface area contributed by atoms with Crippen molar-refractivity contribution in [2.45, 2.75) is 50.7 Å². The minimum absolute atomic E-state index is 0.746. The molecule has 1 aliphatic carbocycles. The van der Waals surface area contributed by atoms with Crippen LogP contribution < -0.4 is 5.32 Å². The molecule has 100 valence electrons. The van der Waals surface area contributed by atoms with Crippen molar-refractivity contribution in [2.75, 3.05) is 19.6 Å². The van der Waals surface area contributed by atoms with Gasteiger partial charge in [-0.1, -0.05) is 0 Å². The highest BCUT2D eigenvalue weighted by molar-refractivity contribution is 4.88. The summed E-state index contributed by atoms with van der Waals surface area (Å²) >= 11 is 0. The van der Waals surface area contributed by atoms with E-state index in [0.717, 1.165) is 18.6 Å². The molecule has 0 spiro atoms. The number of nitrogens with one attached hydrogen (secondary N) is 1. The summed E-state index contributed by atoms with van der Waals surface area (Å²) in [6, 6.07) is 3.59. The van der Waals surface area contributed by atoms with Gasteiger partial charge in [-0.15, -0.1) is 0 Å². The molecule has 1 aliphatic heterocycles. The van der Waals surface area contributed by atoms with E-state index in [0.29, 0.717) is 0 Å². The summed E-state index contributed by atoms with van der Waals surface area (Å²) in [4.78, 5) is 2.62. The van der Waals surface area contributed by atoms with Gasteiger partial charge >= 0.3 is 0 Å². The van der Waals surface area contributed by atoms with Crippen LogP contribution in [0.25, 0.3) is 0 Å². The molecule has 1 saturated carbocycles. The lowest BCUT2D eigenvalue weighted by atomic mass is 10.1. The van der Waals surface area contributed by atoms with Crippen LogP contribution in [-0.2, 0) is 6.54 Å². The number of piperidine rings is 1. The first kappa shape index (κ1) is 12.2. The largest absolute Gasteiger partial charge is 0.310 e. The van der Waals surface area contributed by atoms with Gasteiger partial charge in [0.2, 0.25) is 0 Å². The Kier molecular flexibility index (Phi) is 3.96. The number of rotatable bonds is 6. The van der Waals surface area contributed by atoms with Gasteiger partial charge in [-0.3, -0.25) is 4.68 Å². The fraction of sp³-hybridized carbons (Fsp3) is 0.786. The third-order valence-electron chi connectivity index (χ3n) is 3.98. The number of hydrogen-bond acceptors (Lipinski definition) is 3. The van der Waals surface area contributed by atoms with Crippen molar-refractivity contribution < 1.29 is 0 Å². The third kappa shape index (κ3) is 3.56. The van der Waals surface area contributed by atoms with E-state index in [2.05, 4.69) is 15.3 Å². The Hall–Kier alpha value is -0.870. The average Bonchev–Trinajstić information content (AvgIpc) is 3.04. The zero-order valence-electron chi connectivity index (χ0n) is 11.1. The van der Waals surface area contributed by atoms with Crippen molar-refractivity contribution >= 4 is 0 Å². The highest BCUT2D eigenvalue weighted by atomic mass is 15.3. The predicted octanol–water partition coefficient (Wildman–Crippen LogP) is 1.49. The number of nitrogens with zero attached hydrogens (tertiary/aromatic N) is 3. The van der Waals surface area contributed by atoms with E-state index in [1.165, 1.54) is 51.7 Å². The van der Waals surface area contributed by atoms with Crippen molar-refractivity contribution in [1.29, 1.82) is 0 Å². The van der Waals surface area contributed by atoms with Gasteiger partial charge in [-0.05, 0) is 51.3 Å². The molecule has 1 aromatic rings. The molecule has 0 radical (unpaired) electrons. The summed E-state index contributed by atoms with van der Waals surface area (Å²) in [6.07, 6.45) is 10.6. The van der Waals surface area contributed by atoms with Gasteiger partial charge in [0.05, 0.1) is 0 Å². The summed E-state index contributed by atoms with van der Waals surface area (Å²) in [5, 5.41) is 8.01. The molecule has 1 unspecified atom stereocenters. The second kappa shape index (κ2) is 5.85. The average molecular weight is 248 g/mol. The summed E-state index contributed by atoms with van der Waals surface area (Å²) in [5.41, 5.74) is 0. The molecule has 0 amide bonds. The van der Waals surface area contributed by atoms with Gasteiger partial charge in [0.15, 0.2) is 0 Å². The normalized spacial score (nSPS) is 25.4. The number of aryl methyl sites for hydroxylation is 1. The quantitative estimate of drug-likeness (QED) is 0.828. The minimum atomic E-state index is 0.746. The van der Waals surface area contributed by atoms with Crippen LogP contribution in [0.15, 0.2) is 18.5 Å². The Morgan fingerprint density at radius 2 is 2.11 bits per heavy atom. The van der Waals surface area contributed by atoms with Gasteiger partial charge in [-0.2, -0.15) is 5.10 Å². The molecule has 0 aromatic carbocycles. The van der Waals surface area contributed by atoms with Crippen LogP contribution in [0.2, 0.25) is 0 Å². The van der Waals surface area contributed by atoms with Crippen molar-refractivity contribution in [1.82, 2.24) is 20.0 Å². The monoisotopic (exact) mass is 248 g/mol. The van der Waals surface area contributed by atoms with Crippen molar-refractivity contribution in [3.05, 3.63) is 18.5 Å². The summed E-state index contributed by atoms with van der Waals surface area (Å²) in [6.45, 7) is 4.78. The van der Waals surface area contributed by atoms with Gasteiger partial charge in [0, 0.05) is 37.6 Å². The molecule has 18 heavy (non-hydrogen) atoms. The summed E-state index contributed by atoms with van der Waals surface area (Å²) in [7, 11) is 0. The SMILES string of the molecule is c1cnn(CCCN2CCCC(NC3CC3)C2)c1. The Morgan fingerprint density at radius 1 is 1.17 bits per heavy atom. The molecule has 1 N–H and O–H groups in total. The Labute approximate surface area is 109 Å². The fourth-order valence-electron chi connectivity index (χ4n) is 2.87. The maximum atomic E-state index is 4.25. The van der Waals surface area contributed by atoms with E-state index >= 15 is 0 Å². The van der Waals surface area contributed by atoms with Crippen LogP contribution in [0.3, 0.4) is 0 Å². The molecule has 3 rings (SSSR count). The van der Waals surface area contributed by atoms with E-state index in [1.807, 2.05) is 23.1 Å². The molecular formula is C14H24N4. The van der Waals surface area contributed by atoms with E-state index in [-0.39, 0.29) is 0 Å². The zero-order chi connectivity index (χ0) is 12.2. The van der Waals surface area contributed by atoms with Crippen LogP contribution in [0, 0.1) is 0 Å². The van der Waals surface area contributed by atoms with Gasteiger partial charge in [-0.25, -0.2) is 0 Å². The highest BCUT2D eigenvalue weighted by Crippen LogP contribution is 2.21. The summed E-state index contributed by atoms with van der Waals surface area (Å²) < 4.78 is 2.03. The summed E-state index contributed by atoms with van der Waals surface area (Å²) in [5.74, 6) is 0. The van der Waals surface area contributed by atoms with Crippen LogP contribution in [-0.4, -0.2) is 46.4 Å². The molecule has 1 aromatic heterocycles. The third-order valence-corrected chi connectivity index (χ3v) is 3.98. The topological polar surface area (TPSA) is 33.1 Å². The van der Waals surface area contributed by atoms with Crippen LogP contribution in [0.5, 0.6) is 0 Å². The van der Waals surface area contributed by atoms with Crippen LogP contribution in [0.4, 0.5) is 0 Å². The Bertz CT molecular complexity index is 345. The van der Waals surface area contributed by atoms with E-state index in [4.69, 9.17) is 0 Å². The zero-order valence-corrected chi connectivity index (χ0v) is 11.1. The standard InChI is InChI=1S/C14H24N4/c1-4-14(16-13-5-6-13)12-17(8-1)9-3-11-18-10-2-7-15-18/h2,7,10,13-14,16H,1,3-6,8-9,11-12H2. The van der Waals surface area contributed by atoms with Gasteiger partial charge < -0.3 is 10.2 Å². The first-order chi connectivity index (χ1) is 8.90.